The number of nitrogens with zero attached hydrogens (tertiary/aromatic N) is 3. The number of rotatable bonds is 8. The summed E-state index contributed by atoms with van der Waals surface area (Å²) in [5, 5.41) is 9.43. The van der Waals surface area contributed by atoms with Crippen molar-refractivity contribution in [2.75, 3.05) is 26.2 Å². The second-order valence-corrected chi connectivity index (χ2v) is 6.66. The second kappa shape index (κ2) is 8.69. The second-order valence-electron chi connectivity index (χ2n) is 6.66. The van der Waals surface area contributed by atoms with Gasteiger partial charge < -0.3 is 20.4 Å². The van der Waals surface area contributed by atoms with Gasteiger partial charge in [0.1, 0.15) is 5.65 Å². The molecule has 0 aromatic carbocycles. The Balaban J connectivity index is 1.46. The molecular weight excluding hydrogens is 328 g/mol. The number of fused-ring (bicyclic) bond motifs is 1. The van der Waals surface area contributed by atoms with Gasteiger partial charge in [0.15, 0.2) is 5.96 Å². The van der Waals surface area contributed by atoms with E-state index in [1.54, 1.807) is 0 Å². The van der Waals surface area contributed by atoms with Crippen LogP contribution in [-0.2, 0) is 11.2 Å². The summed E-state index contributed by atoms with van der Waals surface area (Å²) in [7, 11) is 0. The van der Waals surface area contributed by atoms with Crippen molar-refractivity contribution in [1.82, 2.24) is 25.3 Å². The Morgan fingerprint density at radius 1 is 1.31 bits per heavy atom. The van der Waals surface area contributed by atoms with Gasteiger partial charge in [-0.1, -0.05) is 6.07 Å². The molecule has 1 saturated carbocycles. The first-order valence-corrected chi connectivity index (χ1v) is 9.40. The van der Waals surface area contributed by atoms with Crippen LogP contribution in [0.4, 0.5) is 0 Å². The summed E-state index contributed by atoms with van der Waals surface area (Å²) < 4.78 is 2.06. The van der Waals surface area contributed by atoms with Gasteiger partial charge in [0.05, 0.1) is 5.69 Å². The average Bonchev–Trinajstić information content (AvgIpc) is 3.39. The van der Waals surface area contributed by atoms with Gasteiger partial charge in [-0.05, 0) is 38.3 Å². The number of carbonyl (C=O) groups excluding carboxylic acids is 1. The van der Waals surface area contributed by atoms with Crippen molar-refractivity contribution in [2.24, 2.45) is 10.9 Å². The zero-order valence-corrected chi connectivity index (χ0v) is 15.6. The number of aryl methyl sites for hydroxylation is 1. The largest absolute Gasteiger partial charge is 0.357 e. The summed E-state index contributed by atoms with van der Waals surface area (Å²) in [4.78, 5) is 20.9. The number of nitrogens with one attached hydrogen (secondary N) is 3. The smallest absolute Gasteiger partial charge is 0.223 e. The van der Waals surface area contributed by atoms with Crippen LogP contribution in [0.5, 0.6) is 0 Å². The van der Waals surface area contributed by atoms with Gasteiger partial charge in [0, 0.05) is 50.9 Å². The lowest BCUT2D eigenvalue weighted by Crippen LogP contribution is -2.41. The van der Waals surface area contributed by atoms with E-state index in [0.717, 1.165) is 43.1 Å². The van der Waals surface area contributed by atoms with Gasteiger partial charge in [-0.25, -0.2) is 4.98 Å². The molecule has 1 aliphatic carbocycles. The summed E-state index contributed by atoms with van der Waals surface area (Å²) in [5.41, 5.74) is 3.21. The van der Waals surface area contributed by atoms with E-state index in [9.17, 15) is 4.79 Å². The molecule has 3 N–H and O–H groups in total. The fourth-order valence-corrected chi connectivity index (χ4v) is 2.81. The molecule has 2 aromatic rings. The molecule has 2 heterocycles. The Morgan fingerprint density at radius 3 is 2.85 bits per heavy atom. The standard InChI is InChI=1S/C19H28N6O/c1-3-20-19(23-11-10-21-18(26)15-6-7-15)22-9-8-16-13-25-12-4-5-14(2)17(25)24-16/h4-5,12-13,15H,3,6-11H2,1-2H3,(H,21,26)(H2,20,22,23). The van der Waals surface area contributed by atoms with Gasteiger partial charge in [-0.15, -0.1) is 0 Å². The number of hydrogen-bond donors (Lipinski definition) is 3. The number of amides is 1. The monoisotopic (exact) mass is 356 g/mol. The Kier molecular flexibility index (Phi) is 6.09. The highest BCUT2D eigenvalue weighted by molar-refractivity contribution is 5.81. The van der Waals surface area contributed by atoms with Crippen molar-refractivity contribution >= 4 is 17.5 Å². The van der Waals surface area contributed by atoms with Crippen LogP contribution < -0.4 is 16.0 Å². The number of pyridine rings is 1. The van der Waals surface area contributed by atoms with E-state index in [2.05, 4.69) is 49.5 Å². The van der Waals surface area contributed by atoms with Gasteiger partial charge in [0.25, 0.3) is 0 Å². The Morgan fingerprint density at radius 2 is 2.12 bits per heavy atom. The zero-order chi connectivity index (χ0) is 18.4. The molecule has 0 bridgehead atoms. The summed E-state index contributed by atoms with van der Waals surface area (Å²) in [6.07, 6.45) is 6.93. The van der Waals surface area contributed by atoms with Crippen LogP contribution >= 0.6 is 0 Å². The molecule has 0 radical (unpaired) electrons. The van der Waals surface area contributed by atoms with E-state index in [4.69, 9.17) is 0 Å². The molecule has 0 unspecified atom stereocenters. The molecule has 0 spiro atoms. The van der Waals surface area contributed by atoms with Gasteiger partial charge >= 0.3 is 0 Å². The van der Waals surface area contributed by atoms with E-state index in [-0.39, 0.29) is 11.8 Å². The molecule has 1 amide bonds. The van der Waals surface area contributed by atoms with E-state index < -0.39 is 0 Å². The van der Waals surface area contributed by atoms with Crippen LogP contribution in [0.1, 0.15) is 31.0 Å². The molecular formula is C19H28N6O. The fourth-order valence-electron chi connectivity index (χ4n) is 2.81. The van der Waals surface area contributed by atoms with Gasteiger partial charge in [0.2, 0.25) is 5.91 Å². The van der Waals surface area contributed by atoms with E-state index >= 15 is 0 Å². The molecule has 2 aromatic heterocycles. The summed E-state index contributed by atoms with van der Waals surface area (Å²) in [6, 6.07) is 4.10. The minimum Gasteiger partial charge on any atom is -0.357 e. The maximum Gasteiger partial charge on any atom is 0.223 e. The number of carbonyl (C=O) groups is 1. The van der Waals surface area contributed by atoms with Crippen LogP contribution in [0.15, 0.2) is 29.5 Å². The van der Waals surface area contributed by atoms with Crippen molar-refractivity contribution in [1.29, 1.82) is 0 Å². The van der Waals surface area contributed by atoms with Crippen LogP contribution in [0, 0.1) is 12.8 Å². The molecule has 3 rings (SSSR count). The maximum atomic E-state index is 11.6. The zero-order valence-electron chi connectivity index (χ0n) is 15.6. The predicted octanol–water partition coefficient (Wildman–Crippen LogP) is 1.27. The number of guanidine groups is 1. The number of imidazole rings is 1. The molecule has 7 heteroatoms. The molecule has 26 heavy (non-hydrogen) atoms. The molecule has 1 aliphatic rings. The number of aliphatic imine (C=N–C) groups is 1. The van der Waals surface area contributed by atoms with Gasteiger partial charge in [-0.3, -0.25) is 9.79 Å². The Bertz CT molecular complexity index is 777. The summed E-state index contributed by atoms with van der Waals surface area (Å²) >= 11 is 0. The molecule has 1 fully saturated rings. The van der Waals surface area contributed by atoms with Crippen LogP contribution in [-0.4, -0.2) is 47.4 Å². The van der Waals surface area contributed by atoms with Crippen LogP contribution in [0.3, 0.4) is 0 Å². The lowest BCUT2D eigenvalue weighted by atomic mass is 10.3. The highest BCUT2D eigenvalue weighted by Gasteiger charge is 2.28. The van der Waals surface area contributed by atoms with Crippen LogP contribution in [0.25, 0.3) is 5.65 Å². The van der Waals surface area contributed by atoms with E-state index in [1.807, 2.05) is 19.2 Å². The fraction of sp³-hybridized carbons (Fsp3) is 0.526. The molecule has 0 atom stereocenters. The average molecular weight is 356 g/mol. The lowest BCUT2D eigenvalue weighted by molar-refractivity contribution is -0.122. The van der Waals surface area contributed by atoms with Crippen molar-refractivity contribution in [3.05, 3.63) is 35.8 Å². The number of hydrogen-bond acceptors (Lipinski definition) is 3. The first-order chi connectivity index (χ1) is 12.7. The van der Waals surface area contributed by atoms with E-state index in [1.165, 1.54) is 5.56 Å². The maximum absolute atomic E-state index is 11.6. The first kappa shape index (κ1) is 18.2. The third-order valence-corrected chi connectivity index (χ3v) is 4.37. The number of aromatic nitrogens is 2. The van der Waals surface area contributed by atoms with Crippen molar-refractivity contribution < 1.29 is 4.79 Å². The molecule has 7 nitrogen and oxygen atoms in total. The van der Waals surface area contributed by atoms with Crippen LogP contribution in [0.2, 0.25) is 0 Å². The Labute approximate surface area is 154 Å². The molecule has 0 aliphatic heterocycles. The van der Waals surface area contributed by atoms with Crippen molar-refractivity contribution in [3.8, 4) is 0 Å². The predicted molar refractivity (Wildman–Crippen MR) is 103 cm³/mol. The third kappa shape index (κ3) is 4.97. The summed E-state index contributed by atoms with van der Waals surface area (Å²) in [6.45, 7) is 6.85. The highest BCUT2D eigenvalue weighted by atomic mass is 16.2. The topological polar surface area (TPSA) is 82.8 Å². The minimum atomic E-state index is 0.177. The first-order valence-electron chi connectivity index (χ1n) is 9.40. The normalized spacial score (nSPS) is 14.5. The highest BCUT2D eigenvalue weighted by Crippen LogP contribution is 2.28. The van der Waals surface area contributed by atoms with E-state index in [0.29, 0.717) is 19.6 Å². The van der Waals surface area contributed by atoms with Crippen molar-refractivity contribution in [3.63, 3.8) is 0 Å². The SMILES string of the molecule is CCNC(=NCCc1cn2cccc(C)c2n1)NCCNC(=O)C1CC1. The third-order valence-electron chi connectivity index (χ3n) is 4.37. The quantitative estimate of drug-likeness (QED) is 0.378. The lowest BCUT2D eigenvalue weighted by Gasteiger charge is -2.11. The van der Waals surface area contributed by atoms with Gasteiger partial charge in [-0.2, -0.15) is 0 Å². The molecule has 0 saturated heterocycles. The minimum absolute atomic E-state index is 0.177. The summed E-state index contributed by atoms with van der Waals surface area (Å²) in [5.74, 6) is 1.20. The molecule has 140 valence electrons. The Hall–Kier alpha value is -2.57. The van der Waals surface area contributed by atoms with Crippen molar-refractivity contribution in [2.45, 2.75) is 33.1 Å².